The Labute approximate surface area is 81.3 Å². The van der Waals surface area contributed by atoms with Gasteiger partial charge in [0.1, 0.15) is 0 Å². The lowest BCUT2D eigenvalue weighted by atomic mass is 10.4. The van der Waals surface area contributed by atoms with Crippen molar-refractivity contribution in [1.29, 1.82) is 0 Å². The van der Waals surface area contributed by atoms with E-state index in [0.29, 0.717) is 23.8 Å². The summed E-state index contributed by atoms with van der Waals surface area (Å²) in [7, 11) is 0. The second kappa shape index (κ2) is 3.63. The summed E-state index contributed by atoms with van der Waals surface area (Å²) in [4.78, 5) is 8.19. The van der Waals surface area contributed by atoms with Gasteiger partial charge in [-0.3, -0.25) is 0 Å². The van der Waals surface area contributed by atoms with Gasteiger partial charge in [-0.2, -0.15) is 4.98 Å². The maximum atomic E-state index is 5.59. The number of aromatic nitrogens is 2. The van der Waals surface area contributed by atoms with Gasteiger partial charge in [0.05, 0.1) is 0 Å². The molecule has 5 heteroatoms. The Morgan fingerprint density at radius 1 is 1.64 bits per heavy atom. The molecule has 2 aromatic heterocycles. The zero-order valence-electron chi connectivity index (χ0n) is 7.90. The molecular weight excluding hydrogens is 180 g/mol. The predicted octanol–water partition coefficient (Wildman–Crippen LogP) is 0.982. The van der Waals surface area contributed by atoms with Crippen molar-refractivity contribution in [3.8, 4) is 0 Å². The van der Waals surface area contributed by atoms with E-state index in [1.165, 1.54) is 0 Å². The van der Waals surface area contributed by atoms with Crippen LogP contribution in [-0.2, 0) is 0 Å². The minimum absolute atomic E-state index is 0.0676. The molecule has 1 unspecified atom stereocenters. The molecule has 0 saturated carbocycles. The number of hydrogen-bond acceptors (Lipinski definition) is 5. The zero-order valence-corrected chi connectivity index (χ0v) is 7.90. The first kappa shape index (κ1) is 8.96. The second-order valence-electron chi connectivity index (χ2n) is 3.20. The maximum absolute atomic E-state index is 5.59. The summed E-state index contributed by atoms with van der Waals surface area (Å²) in [5.74, 6) is 0. The van der Waals surface area contributed by atoms with Gasteiger partial charge in [-0.1, -0.05) is 0 Å². The highest BCUT2D eigenvalue weighted by atomic mass is 16.4. The molecule has 0 aliphatic heterocycles. The van der Waals surface area contributed by atoms with E-state index in [1.54, 1.807) is 6.20 Å². The van der Waals surface area contributed by atoms with Crippen molar-refractivity contribution in [1.82, 2.24) is 9.97 Å². The topological polar surface area (TPSA) is 77.0 Å². The monoisotopic (exact) mass is 192 g/mol. The van der Waals surface area contributed by atoms with E-state index >= 15 is 0 Å². The van der Waals surface area contributed by atoms with Crippen molar-refractivity contribution in [2.45, 2.75) is 13.0 Å². The average Bonchev–Trinajstić information content (AvgIpc) is 2.57. The number of pyridine rings is 1. The van der Waals surface area contributed by atoms with Crippen LogP contribution in [-0.4, -0.2) is 22.6 Å². The molecule has 1 atom stereocenters. The first-order valence-electron chi connectivity index (χ1n) is 4.47. The predicted molar refractivity (Wildman–Crippen MR) is 53.9 cm³/mol. The van der Waals surface area contributed by atoms with Crippen LogP contribution in [0.4, 0.5) is 6.01 Å². The molecule has 2 aromatic rings. The third-order valence-electron chi connectivity index (χ3n) is 1.74. The highest BCUT2D eigenvalue weighted by molar-refractivity contribution is 5.69. The molecule has 5 nitrogen and oxygen atoms in total. The SMILES string of the molecule is CC(N)CNc1nc2ncccc2o1. The van der Waals surface area contributed by atoms with E-state index in [9.17, 15) is 0 Å². The largest absolute Gasteiger partial charge is 0.422 e. The van der Waals surface area contributed by atoms with Gasteiger partial charge in [-0.15, -0.1) is 0 Å². The molecule has 0 aliphatic carbocycles. The standard InChI is InChI=1S/C9H12N4O/c1-6(10)5-12-9-13-8-7(14-9)3-2-4-11-8/h2-4,6H,5,10H2,1H3,(H,11,12,13). The van der Waals surface area contributed by atoms with E-state index in [1.807, 2.05) is 19.1 Å². The summed E-state index contributed by atoms with van der Waals surface area (Å²) in [6, 6.07) is 4.17. The summed E-state index contributed by atoms with van der Waals surface area (Å²) >= 11 is 0. The van der Waals surface area contributed by atoms with E-state index in [4.69, 9.17) is 10.2 Å². The van der Waals surface area contributed by atoms with Gasteiger partial charge in [0.15, 0.2) is 5.58 Å². The highest BCUT2D eigenvalue weighted by Gasteiger charge is 2.05. The molecule has 0 amide bonds. The molecule has 0 bridgehead atoms. The molecular formula is C9H12N4O. The lowest BCUT2D eigenvalue weighted by molar-refractivity contribution is 0.607. The Morgan fingerprint density at radius 3 is 3.21 bits per heavy atom. The number of rotatable bonds is 3. The summed E-state index contributed by atoms with van der Waals surface area (Å²) in [6.45, 7) is 2.54. The number of fused-ring (bicyclic) bond motifs is 1. The Balaban J connectivity index is 2.19. The number of oxazole rings is 1. The van der Waals surface area contributed by atoms with Crippen LogP contribution >= 0.6 is 0 Å². The smallest absolute Gasteiger partial charge is 0.297 e. The van der Waals surface area contributed by atoms with E-state index in [2.05, 4.69) is 15.3 Å². The summed E-state index contributed by atoms with van der Waals surface area (Å²) < 4.78 is 5.38. The molecule has 0 fully saturated rings. The van der Waals surface area contributed by atoms with Crippen LogP contribution in [0.15, 0.2) is 22.7 Å². The van der Waals surface area contributed by atoms with Gasteiger partial charge in [-0.25, -0.2) is 4.98 Å². The average molecular weight is 192 g/mol. The van der Waals surface area contributed by atoms with Crippen LogP contribution in [0.2, 0.25) is 0 Å². The van der Waals surface area contributed by atoms with Crippen LogP contribution in [0.25, 0.3) is 11.2 Å². The minimum Gasteiger partial charge on any atom is -0.422 e. The molecule has 2 rings (SSSR count). The maximum Gasteiger partial charge on any atom is 0.297 e. The van der Waals surface area contributed by atoms with Crippen molar-refractivity contribution in [2.24, 2.45) is 5.73 Å². The number of hydrogen-bond donors (Lipinski definition) is 2. The third kappa shape index (κ3) is 1.82. The molecule has 0 radical (unpaired) electrons. The third-order valence-corrected chi connectivity index (χ3v) is 1.74. The fourth-order valence-corrected chi connectivity index (χ4v) is 1.09. The van der Waals surface area contributed by atoms with Gasteiger partial charge < -0.3 is 15.5 Å². The van der Waals surface area contributed by atoms with Crippen LogP contribution in [0.1, 0.15) is 6.92 Å². The normalized spacial score (nSPS) is 13.0. The molecule has 0 spiro atoms. The lowest BCUT2D eigenvalue weighted by Crippen LogP contribution is -2.25. The molecule has 2 heterocycles. The van der Waals surface area contributed by atoms with Crippen molar-refractivity contribution in [2.75, 3.05) is 11.9 Å². The number of nitrogens with two attached hydrogens (primary N) is 1. The Morgan fingerprint density at radius 2 is 2.50 bits per heavy atom. The van der Waals surface area contributed by atoms with Gasteiger partial charge >= 0.3 is 0 Å². The Kier molecular flexibility index (Phi) is 2.32. The van der Waals surface area contributed by atoms with Gasteiger partial charge in [0.25, 0.3) is 6.01 Å². The summed E-state index contributed by atoms with van der Waals surface area (Å²) in [5, 5.41) is 2.99. The van der Waals surface area contributed by atoms with Crippen molar-refractivity contribution < 1.29 is 4.42 Å². The molecule has 14 heavy (non-hydrogen) atoms. The minimum atomic E-state index is 0.0676. The van der Waals surface area contributed by atoms with E-state index in [-0.39, 0.29) is 6.04 Å². The first-order chi connectivity index (χ1) is 6.75. The number of nitrogens with one attached hydrogen (secondary N) is 1. The Hall–Kier alpha value is -1.62. The molecule has 0 aliphatic rings. The summed E-state index contributed by atoms with van der Waals surface area (Å²) in [5.41, 5.74) is 6.88. The van der Waals surface area contributed by atoms with E-state index < -0.39 is 0 Å². The van der Waals surface area contributed by atoms with Crippen molar-refractivity contribution >= 4 is 17.2 Å². The number of anilines is 1. The van der Waals surface area contributed by atoms with Crippen molar-refractivity contribution in [3.63, 3.8) is 0 Å². The van der Waals surface area contributed by atoms with Crippen LogP contribution in [0.3, 0.4) is 0 Å². The van der Waals surface area contributed by atoms with Gasteiger partial charge in [-0.05, 0) is 19.1 Å². The van der Waals surface area contributed by atoms with E-state index in [0.717, 1.165) is 0 Å². The fourth-order valence-electron chi connectivity index (χ4n) is 1.09. The van der Waals surface area contributed by atoms with Crippen molar-refractivity contribution in [3.05, 3.63) is 18.3 Å². The van der Waals surface area contributed by atoms with Crippen LogP contribution in [0.5, 0.6) is 0 Å². The number of nitrogens with zero attached hydrogens (tertiary/aromatic N) is 2. The lowest BCUT2D eigenvalue weighted by Gasteiger charge is -2.03. The van der Waals surface area contributed by atoms with Gasteiger partial charge in [0.2, 0.25) is 5.65 Å². The molecule has 3 N–H and O–H groups in total. The Bertz CT molecular complexity index is 390. The van der Waals surface area contributed by atoms with Crippen LogP contribution in [0, 0.1) is 0 Å². The molecule has 0 saturated heterocycles. The van der Waals surface area contributed by atoms with Gasteiger partial charge in [0, 0.05) is 18.8 Å². The highest BCUT2D eigenvalue weighted by Crippen LogP contribution is 2.15. The fraction of sp³-hybridized carbons (Fsp3) is 0.333. The summed E-state index contributed by atoms with van der Waals surface area (Å²) in [6.07, 6.45) is 1.68. The quantitative estimate of drug-likeness (QED) is 0.758. The van der Waals surface area contributed by atoms with Crippen LogP contribution < -0.4 is 11.1 Å². The molecule has 0 aromatic carbocycles. The second-order valence-corrected chi connectivity index (χ2v) is 3.20. The zero-order chi connectivity index (χ0) is 9.97. The first-order valence-corrected chi connectivity index (χ1v) is 4.47. The molecule has 74 valence electrons.